The monoisotopic (exact) mass is 402 g/mol. The molecule has 0 saturated carbocycles. The SMILES string of the molecule is CCc1ccc(C(C)NC(=O)CN(c2c(C)cc(C)cc2C)S(C)(=O)=O)cc1. The van der Waals surface area contributed by atoms with Gasteiger partial charge in [-0.3, -0.25) is 9.10 Å². The summed E-state index contributed by atoms with van der Waals surface area (Å²) < 4.78 is 26.1. The molecule has 2 aromatic rings. The molecule has 0 fully saturated rings. The zero-order valence-corrected chi connectivity index (χ0v) is 18.4. The summed E-state index contributed by atoms with van der Waals surface area (Å²) in [5.41, 5.74) is 5.51. The van der Waals surface area contributed by atoms with Crippen LogP contribution in [0.25, 0.3) is 0 Å². The summed E-state index contributed by atoms with van der Waals surface area (Å²) in [5, 5.41) is 2.91. The van der Waals surface area contributed by atoms with Crippen LogP contribution in [0.3, 0.4) is 0 Å². The van der Waals surface area contributed by atoms with Gasteiger partial charge in [-0.05, 0) is 56.4 Å². The van der Waals surface area contributed by atoms with E-state index in [1.54, 1.807) is 0 Å². The highest BCUT2D eigenvalue weighted by molar-refractivity contribution is 7.92. The molecule has 1 unspecified atom stereocenters. The smallest absolute Gasteiger partial charge is 0.241 e. The lowest BCUT2D eigenvalue weighted by Crippen LogP contribution is -2.41. The molecule has 1 amide bonds. The Kier molecular flexibility index (Phi) is 6.88. The zero-order valence-electron chi connectivity index (χ0n) is 17.5. The quantitative estimate of drug-likeness (QED) is 0.766. The van der Waals surface area contributed by atoms with Gasteiger partial charge in [0.15, 0.2) is 0 Å². The van der Waals surface area contributed by atoms with Gasteiger partial charge in [0.05, 0.1) is 18.0 Å². The van der Waals surface area contributed by atoms with Gasteiger partial charge in [-0.2, -0.15) is 0 Å². The van der Waals surface area contributed by atoms with Gasteiger partial charge >= 0.3 is 0 Å². The Bertz CT molecular complexity index is 927. The molecule has 0 aromatic heterocycles. The molecule has 28 heavy (non-hydrogen) atoms. The van der Waals surface area contributed by atoms with Crippen LogP contribution in [0, 0.1) is 20.8 Å². The molecule has 0 spiro atoms. The lowest BCUT2D eigenvalue weighted by Gasteiger charge is -2.26. The first-order valence-corrected chi connectivity index (χ1v) is 11.3. The molecule has 1 atom stereocenters. The minimum absolute atomic E-state index is 0.208. The largest absolute Gasteiger partial charge is 0.348 e. The number of nitrogens with zero attached hydrogens (tertiary/aromatic N) is 1. The van der Waals surface area contributed by atoms with Gasteiger partial charge in [-0.25, -0.2) is 8.42 Å². The van der Waals surface area contributed by atoms with E-state index in [1.807, 2.05) is 64.1 Å². The molecule has 0 bridgehead atoms. The van der Waals surface area contributed by atoms with E-state index < -0.39 is 10.0 Å². The fourth-order valence-electron chi connectivity index (χ4n) is 3.47. The van der Waals surface area contributed by atoms with Crippen LogP contribution < -0.4 is 9.62 Å². The third-order valence-corrected chi connectivity index (χ3v) is 5.95. The number of hydrogen-bond acceptors (Lipinski definition) is 3. The molecular formula is C22H30N2O3S. The molecule has 2 rings (SSSR count). The van der Waals surface area contributed by atoms with Gasteiger partial charge in [0.2, 0.25) is 15.9 Å². The van der Waals surface area contributed by atoms with E-state index in [4.69, 9.17) is 0 Å². The number of aryl methyl sites for hydroxylation is 4. The normalized spacial score (nSPS) is 12.5. The summed E-state index contributed by atoms with van der Waals surface area (Å²) in [6.07, 6.45) is 2.09. The predicted octanol–water partition coefficient (Wildman–Crippen LogP) is 3.82. The lowest BCUT2D eigenvalue weighted by molar-refractivity contribution is -0.120. The number of nitrogens with one attached hydrogen (secondary N) is 1. The van der Waals surface area contributed by atoms with Crippen molar-refractivity contribution in [3.05, 3.63) is 64.2 Å². The zero-order chi connectivity index (χ0) is 21.1. The van der Waals surface area contributed by atoms with Crippen molar-refractivity contribution in [3.63, 3.8) is 0 Å². The number of benzene rings is 2. The summed E-state index contributed by atoms with van der Waals surface area (Å²) in [6, 6.07) is 11.7. The van der Waals surface area contributed by atoms with Crippen molar-refractivity contribution in [2.45, 2.75) is 47.1 Å². The van der Waals surface area contributed by atoms with Crippen molar-refractivity contribution in [1.29, 1.82) is 0 Å². The third-order valence-electron chi connectivity index (χ3n) is 4.84. The van der Waals surface area contributed by atoms with Crippen LogP contribution in [0.5, 0.6) is 0 Å². The number of anilines is 1. The summed E-state index contributed by atoms with van der Waals surface area (Å²) >= 11 is 0. The Morgan fingerprint density at radius 1 is 1.07 bits per heavy atom. The molecule has 1 N–H and O–H groups in total. The minimum Gasteiger partial charge on any atom is -0.348 e. The molecule has 6 heteroatoms. The number of rotatable bonds is 7. The van der Waals surface area contributed by atoms with Crippen LogP contribution in [0.2, 0.25) is 0 Å². The highest BCUT2D eigenvalue weighted by Gasteiger charge is 2.24. The maximum atomic E-state index is 12.7. The van der Waals surface area contributed by atoms with Crippen molar-refractivity contribution in [3.8, 4) is 0 Å². The summed E-state index contributed by atoms with van der Waals surface area (Å²) in [5.74, 6) is -0.336. The van der Waals surface area contributed by atoms with Gasteiger partial charge in [0.25, 0.3) is 0 Å². The fourth-order valence-corrected chi connectivity index (χ4v) is 4.44. The molecule has 0 heterocycles. The highest BCUT2D eigenvalue weighted by atomic mass is 32.2. The average Bonchev–Trinajstić information content (AvgIpc) is 2.59. The Morgan fingerprint density at radius 3 is 2.07 bits per heavy atom. The maximum Gasteiger partial charge on any atom is 0.241 e. The summed E-state index contributed by atoms with van der Waals surface area (Å²) in [4.78, 5) is 12.7. The molecule has 2 aromatic carbocycles. The van der Waals surface area contributed by atoms with Crippen molar-refractivity contribution in [2.24, 2.45) is 0 Å². The molecule has 0 radical (unpaired) electrons. The Morgan fingerprint density at radius 2 is 1.61 bits per heavy atom. The highest BCUT2D eigenvalue weighted by Crippen LogP contribution is 2.28. The second-order valence-corrected chi connectivity index (χ2v) is 9.31. The van der Waals surface area contributed by atoms with Crippen molar-refractivity contribution >= 4 is 21.6 Å². The molecule has 0 aliphatic carbocycles. The molecule has 0 saturated heterocycles. The van der Waals surface area contributed by atoms with E-state index in [0.29, 0.717) is 5.69 Å². The molecular weight excluding hydrogens is 372 g/mol. The van der Waals surface area contributed by atoms with Crippen molar-refractivity contribution < 1.29 is 13.2 Å². The van der Waals surface area contributed by atoms with Crippen LogP contribution in [0.4, 0.5) is 5.69 Å². The molecule has 152 valence electrons. The van der Waals surface area contributed by atoms with Gasteiger partial charge < -0.3 is 5.32 Å². The number of carbonyl (C=O) groups is 1. The summed E-state index contributed by atoms with van der Waals surface area (Å²) in [7, 11) is -3.61. The third kappa shape index (κ3) is 5.35. The fraction of sp³-hybridized carbons (Fsp3) is 0.409. The van der Waals surface area contributed by atoms with E-state index in [1.165, 1.54) is 9.87 Å². The van der Waals surface area contributed by atoms with Crippen molar-refractivity contribution in [1.82, 2.24) is 5.32 Å². The van der Waals surface area contributed by atoms with Gasteiger partial charge in [0.1, 0.15) is 6.54 Å². The Hall–Kier alpha value is -2.34. The summed E-state index contributed by atoms with van der Waals surface area (Å²) in [6.45, 7) is 9.43. The average molecular weight is 403 g/mol. The standard InChI is InChI=1S/C22H30N2O3S/c1-7-19-8-10-20(11-9-19)18(5)23-21(25)14-24(28(6,26)27)22-16(3)12-15(2)13-17(22)4/h8-13,18H,7,14H2,1-6H3,(H,23,25). The maximum absolute atomic E-state index is 12.7. The van der Waals surface area contributed by atoms with Gasteiger partial charge in [-0.1, -0.05) is 48.9 Å². The van der Waals surface area contributed by atoms with Crippen LogP contribution in [-0.4, -0.2) is 27.1 Å². The number of carbonyl (C=O) groups excluding carboxylic acids is 1. The van der Waals surface area contributed by atoms with Gasteiger partial charge in [0, 0.05) is 0 Å². The first kappa shape index (κ1) is 22.0. The second-order valence-electron chi connectivity index (χ2n) is 7.40. The van der Waals surface area contributed by atoms with Crippen molar-refractivity contribution in [2.75, 3.05) is 17.1 Å². The van der Waals surface area contributed by atoms with E-state index in [9.17, 15) is 13.2 Å². The lowest BCUT2D eigenvalue weighted by atomic mass is 10.0. The number of amides is 1. The molecule has 5 nitrogen and oxygen atoms in total. The molecule has 0 aliphatic rings. The minimum atomic E-state index is -3.61. The van der Waals surface area contributed by atoms with E-state index in [2.05, 4.69) is 12.2 Å². The van der Waals surface area contributed by atoms with Crippen LogP contribution >= 0.6 is 0 Å². The first-order valence-electron chi connectivity index (χ1n) is 9.46. The number of sulfonamides is 1. The first-order chi connectivity index (χ1) is 13.0. The topological polar surface area (TPSA) is 66.5 Å². The van der Waals surface area contributed by atoms with Crippen LogP contribution in [0.15, 0.2) is 36.4 Å². The van der Waals surface area contributed by atoms with Gasteiger partial charge in [-0.15, -0.1) is 0 Å². The van der Waals surface area contributed by atoms with E-state index in [-0.39, 0.29) is 18.5 Å². The van der Waals surface area contributed by atoms with Crippen LogP contribution in [-0.2, 0) is 21.2 Å². The van der Waals surface area contributed by atoms with E-state index in [0.717, 1.165) is 34.9 Å². The number of hydrogen-bond donors (Lipinski definition) is 1. The Balaban J connectivity index is 2.22. The van der Waals surface area contributed by atoms with Crippen LogP contribution in [0.1, 0.15) is 47.7 Å². The van der Waals surface area contributed by atoms with E-state index >= 15 is 0 Å². The predicted molar refractivity (Wildman–Crippen MR) is 115 cm³/mol. The molecule has 0 aliphatic heterocycles. The Labute approximate surface area is 168 Å². The second kappa shape index (κ2) is 8.78.